The summed E-state index contributed by atoms with van der Waals surface area (Å²) in [6.45, 7) is 10.2. The van der Waals surface area contributed by atoms with Crippen molar-refractivity contribution in [1.82, 2.24) is 20.5 Å². The van der Waals surface area contributed by atoms with E-state index in [0.717, 1.165) is 29.6 Å². The van der Waals surface area contributed by atoms with Gasteiger partial charge in [-0.2, -0.15) is 0 Å². The maximum atomic E-state index is 5.84. The van der Waals surface area contributed by atoms with Gasteiger partial charge in [0.2, 0.25) is 5.89 Å². The van der Waals surface area contributed by atoms with Gasteiger partial charge in [0, 0.05) is 24.1 Å². The van der Waals surface area contributed by atoms with E-state index in [1.807, 2.05) is 25.1 Å². The van der Waals surface area contributed by atoms with E-state index >= 15 is 0 Å². The molecule has 168 valence electrons. The van der Waals surface area contributed by atoms with Crippen LogP contribution in [-0.2, 0) is 12.0 Å². The van der Waals surface area contributed by atoms with Crippen LogP contribution in [0.4, 0.5) is 0 Å². The minimum absolute atomic E-state index is 0. The molecule has 0 saturated carbocycles. The predicted octanol–water partition coefficient (Wildman–Crippen LogP) is 3.96. The Hall–Kier alpha value is -1.81. The van der Waals surface area contributed by atoms with Gasteiger partial charge >= 0.3 is 0 Å². The van der Waals surface area contributed by atoms with Gasteiger partial charge in [0.15, 0.2) is 5.96 Å². The molecule has 2 rings (SSSR count). The molecule has 0 fully saturated rings. The van der Waals surface area contributed by atoms with Crippen LogP contribution in [0.3, 0.4) is 0 Å². The van der Waals surface area contributed by atoms with Crippen molar-refractivity contribution in [2.75, 3.05) is 34.3 Å². The van der Waals surface area contributed by atoms with Crippen LogP contribution >= 0.6 is 24.0 Å². The first-order valence-electron chi connectivity index (χ1n) is 10.0. The number of nitrogens with zero attached hydrogens (tertiary/aromatic N) is 3. The summed E-state index contributed by atoms with van der Waals surface area (Å²) in [4.78, 5) is 11.2. The number of oxazole rings is 1. The van der Waals surface area contributed by atoms with E-state index in [0.29, 0.717) is 19.0 Å². The van der Waals surface area contributed by atoms with Gasteiger partial charge in [-0.1, -0.05) is 39.0 Å². The van der Waals surface area contributed by atoms with Gasteiger partial charge in [0.1, 0.15) is 18.1 Å². The topological polar surface area (TPSA) is 74.9 Å². The molecule has 2 aromatic rings. The molecular formula is C22H36IN5O2. The molecule has 30 heavy (non-hydrogen) atoms. The number of hydrogen-bond acceptors (Lipinski definition) is 5. The van der Waals surface area contributed by atoms with Crippen LogP contribution in [0.2, 0.25) is 0 Å². The van der Waals surface area contributed by atoms with E-state index in [2.05, 4.69) is 66.4 Å². The monoisotopic (exact) mass is 529 g/mol. The molecule has 1 atom stereocenters. The summed E-state index contributed by atoms with van der Waals surface area (Å²) >= 11 is 0. The second kappa shape index (κ2) is 12.1. The molecule has 2 N–H and O–H groups in total. The Labute approximate surface area is 197 Å². The summed E-state index contributed by atoms with van der Waals surface area (Å²) in [6, 6.07) is 8.22. The van der Waals surface area contributed by atoms with Gasteiger partial charge in [0.05, 0.1) is 19.3 Å². The third-order valence-corrected chi connectivity index (χ3v) is 4.59. The van der Waals surface area contributed by atoms with Crippen LogP contribution in [0.15, 0.2) is 39.9 Å². The molecule has 0 saturated heterocycles. The standard InChI is InChI=1S/C22H35N5O2.HI/c1-8-23-21(26-15-20-24-14-19(29-20)22(2,3)4)25-13-17(27(5)6)16-11-9-10-12-18(16)28-7;/h9-12,14,17H,8,13,15H2,1-7H3,(H2,23,25,26);1H. The summed E-state index contributed by atoms with van der Waals surface area (Å²) in [7, 11) is 5.82. The minimum Gasteiger partial charge on any atom is -0.496 e. The average Bonchev–Trinajstić information content (AvgIpc) is 3.16. The highest BCUT2D eigenvalue weighted by Crippen LogP contribution is 2.27. The zero-order chi connectivity index (χ0) is 21.4. The molecule has 0 radical (unpaired) electrons. The van der Waals surface area contributed by atoms with Crippen molar-refractivity contribution in [3.8, 4) is 5.75 Å². The molecule has 1 aromatic heterocycles. The van der Waals surface area contributed by atoms with Crippen LogP contribution in [0.25, 0.3) is 0 Å². The number of likely N-dealkylation sites (N-methyl/N-ethyl adjacent to an activating group) is 1. The lowest BCUT2D eigenvalue weighted by molar-refractivity contribution is 0.287. The molecule has 0 spiro atoms. The van der Waals surface area contributed by atoms with Crippen LogP contribution in [0.1, 0.15) is 51.0 Å². The number of rotatable bonds is 8. The van der Waals surface area contributed by atoms with Crippen molar-refractivity contribution in [1.29, 1.82) is 0 Å². The van der Waals surface area contributed by atoms with Crippen molar-refractivity contribution in [2.45, 2.75) is 45.7 Å². The van der Waals surface area contributed by atoms with Crippen molar-refractivity contribution in [3.63, 3.8) is 0 Å². The van der Waals surface area contributed by atoms with E-state index in [1.54, 1.807) is 13.3 Å². The molecule has 7 nitrogen and oxygen atoms in total. The zero-order valence-electron chi connectivity index (χ0n) is 19.2. The largest absolute Gasteiger partial charge is 0.496 e. The average molecular weight is 529 g/mol. The van der Waals surface area contributed by atoms with Crippen LogP contribution in [-0.4, -0.2) is 50.1 Å². The number of guanidine groups is 1. The van der Waals surface area contributed by atoms with Gasteiger partial charge in [0.25, 0.3) is 0 Å². The molecule has 0 bridgehead atoms. The summed E-state index contributed by atoms with van der Waals surface area (Å²) in [6.07, 6.45) is 1.79. The number of nitrogens with one attached hydrogen (secondary N) is 2. The maximum Gasteiger partial charge on any atom is 0.216 e. The van der Waals surface area contributed by atoms with E-state index in [4.69, 9.17) is 9.15 Å². The molecule has 0 amide bonds. The smallest absolute Gasteiger partial charge is 0.216 e. The zero-order valence-corrected chi connectivity index (χ0v) is 21.5. The Bertz CT molecular complexity index is 799. The Morgan fingerprint density at radius 2 is 1.93 bits per heavy atom. The highest BCUT2D eigenvalue weighted by atomic mass is 127. The number of methoxy groups -OCH3 is 1. The van der Waals surface area contributed by atoms with Crippen molar-refractivity contribution in [3.05, 3.63) is 47.7 Å². The molecular weight excluding hydrogens is 493 g/mol. The summed E-state index contributed by atoms with van der Waals surface area (Å²) < 4.78 is 11.4. The van der Waals surface area contributed by atoms with Gasteiger partial charge in [-0.05, 0) is 27.1 Å². The van der Waals surface area contributed by atoms with Crippen molar-refractivity contribution in [2.24, 2.45) is 4.99 Å². The fourth-order valence-electron chi connectivity index (χ4n) is 2.92. The number of benzene rings is 1. The van der Waals surface area contributed by atoms with Crippen molar-refractivity contribution < 1.29 is 9.15 Å². The summed E-state index contributed by atoms with van der Waals surface area (Å²) in [5, 5.41) is 6.72. The molecule has 0 aliphatic rings. The van der Waals surface area contributed by atoms with E-state index in [-0.39, 0.29) is 35.4 Å². The van der Waals surface area contributed by atoms with Crippen LogP contribution < -0.4 is 15.4 Å². The Balaban J connectivity index is 0.00000450. The van der Waals surface area contributed by atoms with E-state index in [1.165, 1.54) is 0 Å². The molecule has 1 aromatic carbocycles. The van der Waals surface area contributed by atoms with Crippen LogP contribution in [0, 0.1) is 0 Å². The number of aliphatic imine (C=N–C) groups is 1. The second-order valence-corrected chi connectivity index (χ2v) is 8.17. The molecule has 0 aliphatic heterocycles. The second-order valence-electron chi connectivity index (χ2n) is 8.17. The Morgan fingerprint density at radius 3 is 2.50 bits per heavy atom. The molecule has 1 unspecified atom stereocenters. The van der Waals surface area contributed by atoms with E-state index < -0.39 is 0 Å². The number of aromatic nitrogens is 1. The number of para-hydroxylation sites is 1. The third kappa shape index (κ3) is 7.46. The molecule has 0 aliphatic carbocycles. The highest BCUT2D eigenvalue weighted by molar-refractivity contribution is 14.0. The first-order chi connectivity index (χ1) is 13.8. The van der Waals surface area contributed by atoms with Gasteiger partial charge in [-0.15, -0.1) is 24.0 Å². The minimum atomic E-state index is -0.0641. The lowest BCUT2D eigenvalue weighted by Crippen LogP contribution is -2.41. The van der Waals surface area contributed by atoms with Gasteiger partial charge < -0.3 is 24.7 Å². The summed E-state index contributed by atoms with van der Waals surface area (Å²) in [5.74, 6) is 3.08. The quantitative estimate of drug-likeness (QED) is 0.307. The fraction of sp³-hybridized carbons (Fsp3) is 0.545. The number of hydrogen-bond donors (Lipinski definition) is 2. The number of halogens is 1. The Morgan fingerprint density at radius 1 is 1.23 bits per heavy atom. The first kappa shape index (κ1) is 26.2. The first-order valence-corrected chi connectivity index (χ1v) is 10.0. The lowest BCUT2D eigenvalue weighted by atomic mass is 9.94. The summed E-state index contributed by atoms with van der Waals surface area (Å²) in [5.41, 5.74) is 1.07. The predicted molar refractivity (Wildman–Crippen MR) is 133 cm³/mol. The maximum absolute atomic E-state index is 5.84. The van der Waals surface area contributed by atoms with Gasteiger partial charge in [-0.25, -0.2) is 9.98 Å². The molecule has 8 heteroatoms. The third-order valence-electron chi connectivity index (χ3n) is 4.59. The lowest BCUT2D eigenvalue weighted by Gasteiger charge is -2.27. The Kier molecular flexibility index (Phi) is 10.6. The van der Waals surface area contributed by atoms with Gasteiger partial charge in [-0.3, -0.25) is 0 Å². The normalized spacial score (nSPS) is 13.0. The number of ether oxygens (including phenoxy) is 1. The SMILES string of the molecule is CCNC(=NCc1ncc(C(C)(C)C)o1)NCC(c1ccccc1OC)N(C)C.I. The highest BCUT2D eigenvalue weighted by Gasteiger charge is 2.20. The van der Waals surface area contributed by atoms with Crippen molar-refractivity contribution >= 4 is 29.9 Å². The van der Waals surface area contributed by atoms with Crippen LogP contribution in [0.5, 0.6) is 5.75 Å². The molecule has 1 heterocycles. The van der Waals surface area contributed by atoms with E-state index in [9.17, 15) is 0 Å². The fourth-order valence-corrected chi connectivity index (χ4v) is 2.92.